The summed E-state index contributed by atoms with van der Waals surface area (Å²) in [7, 11) is 0. The molecule has 1 saturated heterocycles. The van der Waals surface area contributed by atoms with E-state index in [4.69, 9.17) is 16.3 Å². The summed E-state index contributed by atoms with van der Waals surface area (Å²) in [5.41, 5.74) is 3.43. The first-order chi connectivity index (χ1) is 13.5. The molecule has 0 aliphatic carbocycles. The fourth-order valence-corrected chi connectivity index (χ4v) is 3.71. The van der Waals surface area contributed by atoms with E-state index in [0.717, 1.165) is 18.7 Å². The van der Waals surface area contributed by atoms with E-state index in [-0.39, 0.29) is 18.6 Å². The number of amides is 1. The predicted octanol–water partition coefficient (Wildman–Crippen LogP) is 4.68. The van der Waals surface area contributed by atoms with Gasteiger partial charge in [0.15, 0.2) is 6.61 Å². The van der Waals surface area contributed by atoms with Crippen LogP contribution in [0, 0.1) is 13.8 Å². The van der Waals surface area contributed by atoms with Gasteiger partial charge in [-0.1, -0.05) is 47.9 Å². The molecular formula is C23H29ClN2O2. The first kappa shape index (κ1) is 20.7. The van der Waals surface area contributed by atoms with Crippen LogP contribution in [0.5, 0.6) is 5.75 Å². The Kier molecular flexibility index (Phi) is 7.35. The molecule has 28 heavy (non-hydrogen) atoms. The van der Waals surface area contributed by atoms with Gasteiger partial charge in [-0.2, -0.15) is 0 Å². The summed E-state index contributed by atoms with van der Waals surface area (Å²) in [6.45, 7) is 6.76. The Balaban J connectivity index is 1.58. The summed E-state index contributed by atoms with van der Waals surface area (Å²) < 4.78 is 5.62. The SMILES string of the molecule is Cc1ccc(C(CNC(=O)COc2ccc(Cl)c(C)c2)N2CCCCC2)cc1. The van der Waals surface area contributed by atoms with E-state index < -0.39 is 0 Å². The van der Waals surface area contributed by atoms with Crippen LogP contribution in [0.25, 0.3) is 0 Å². The Bertz CT molecular complexity index is 786. The number of likely N-dealkylation sites (tertiary alicyclic amines) is 1. The molecule has 1 heterocycles. The third-order valence-electron chi connectivity index (χ3n) is 5.29. The summed E-state index contributed by atoms with van der Waals surface area (Å²) >= 11 is 6.03. The Morgan fingerprint density at radius 2 is 1.82 bits per heavy atom. The normalized spacial score (nSPS) is 15.8. The Labute approximate surface area is 172 Å². The largest absolute Gasteiger partial charge is 0.484 e. The second-order valence-electron chi connectivity index (χ2n) is 7.53. The molecule has 150 valence electrons. The zero-order valence-corrected chi connectivity index (χ0v) is 17.5. The van der Waals surface area contributed by atoms with Crippen molar-refractivity contribution in [1.82, 2.24) is 10.2 Å². The highest BCUT2D eigenvalue weighted by atomic mass is 35.5. The van der Waals surface area contributed by atoms with Crippen LogP contribution in [0.15, 0.2) is 42.5 Å². The highest BCUT2D eigenvalue weighted by Crippen LogP contribution is 2.25. The molecule has 2 aromatic carbocycles. The number of nitrogens with one attached hydrogen (secondary N) is 1. The minimum absolute atomic E-state index is 0.00168. The molecule has 4 nitrogen and oxygen atoms in total. The van der Waals surface area contributed by atoms with Gasteiger partial charge < -0.3 is 10.1 Å². The molecule has 1 aliphatic heterocycles. The fraction of sp³-hybridized carbons (Fsp3) is 0.435. The van der Waals surface area contributed by atoms with Crippen LogP contribution >= 0.6 is 11.6 Å². The number of aryl methyl sites for hydroxylation is 2. The lowest BCUT2D eigenvalue weighted by atomic mass is 10.0. The molecule has 0 spiro atoms. The number of rotatable bonds is 7. The second kappa shape index (κ2) is 9.94. The molecular weight excluding hydrogens is 372 g/mol. The lowest BCUT2D eigenvalue weighted by Gasteiger charge is -2.35. The molecule has 3 rings (SSSR count). The summed E-state index contributed by atoms with van der Waals surface area (Å²) in [4.78, 5) is 14.8. The number of hydrogen-bond acceptors (Lipinski definition) is 3. The van der Waals surface area contributed by atoms with Gasteiger partial charge in [-0.3, -0.25) is 9.69 Å². The monoisotopic (exact) mass is 400 g/mol. The number of hydrogen-bond donors (Lipinski definition) is 1. The smallest absolute Gasteiger partial charge is 0.258 e. The van der Waals surface area contributed by atoms with Gasteiger partial charge >= 0.3 is 0 Å². The predicted molar refractivity (Wildman–Crippen MR) is 114 cm³/mol. The van der Waals surface area contributed by atoms with E-state index in [1.807, 2.05) is 13.0 Å². The molecule has 0 radical (unpaired) electrons. The maximum absolute atomic E-state index is 12.4. The molecule has 1 fully saturated rings. The molecule has 0 aromatic heterocycles. The van der Waals surface area contributed by atoms with Crippen molar-refractivity contribution in [1.29, 1.82) is 0 Å². The summed E-state index contributed by atoms with van der Waals surface area (Å²) in [5, 5.41) is 3.75. The summed E-state index contributed by atoms with van der Waals surface area (Å²) in [5.74, 6) is 0.546. The standard InChI is InChI=1S/C23H29ClN2O2/c1-17-6-8-19(9-7-17)22(26-12-4-3-5-13-26)15-25-23(27)16-28-20-10-11-21(24)18(2)14-20/h6-11,14,22H,3-5,12-13,15-16H2,1-2H3,(H,25,27). The van der Waals surface area contributed by atoms with Crippen LogP contribution < -0.4 is 10.1 Å². The molecule has 0 saturated carbocycles. The highest BCUT2D eigenvalue weighted by molar-refractivity contribution is 6.31. The van der Waals surface area contributed by atoms with Gasteiger partial charge in [0.2, 0.25) is 0 Å². The van der Waals surface area contributed by atoms with Gasteiger partial charge in [0.1, 0.15) is 5.75 Å². The van der Waals surface area contributed by atoms with E-state index in [0.29, 0.717) is 17.3 Å². The van der Waals surface area contributed by atoms with Crippen molar-refractivity contribution < 1.29 is 9.53 Å². The van der Waals surface area contributed by atoms with E-state index >= 15 is 0 Å². The molecule has 1 unspecified atom stereocenters. The number of nitrogens with zero attached hydrogens (tertiary/aromatic N) is 1. The van der Waals surface area contributed by atoms with Crippen LogP contribution in [0.2, 0.25) is 5.02 Å². The van der Waals surface area contributed by atoms with Crippen LogP contribution in [0.3, 0.4) is 0 Å². The average molecular weight is 401 g/mol. The van der Waals surface area contributed by atoms with E-state index in [2.05, 4.69) is 41.4 Å². The van der Waals surface area contributed by atoms with Crippen LogP contribution in [-0.2, 0) is 4.79 Å². The first-order valence-corrected chi connectivity index (χ1v) is 10.4. The maximum atomic E-state index is 12.4. The molecule has 1 atom stereocenters. The third kappa shape index (κ3) is 5.73. The minimum atomic E-state index is -0.110. The van der Waals surface area contributed by atoms with Crippen LogP contribution in [0.4, 0.5) is 0 Å². The number of halogens is 1. The fourth-order valence-electron chi connectivity index (χ4n) is 3.59. The van der Waals surface area contributed by atoms with Gasteiger partial charge in [-0.05, 0) is 69.1 Å². The van der Waals surface area contributed by atoms with E-state index in [9.17, 15) is 4.79 Å². The summed E-state index contributed by atoms with van der Waals surface area (Å²) in [6, 6.07) is 14.2. The third-order valence-corrected chi connectivity index (χ3v) is 5.71. The molecule has 1 amide bonds. The molecule has 1 aliphatic rings. The van der Waals surface area contributed by atoms with Gasteiger partial charge in [0, 0.05) is 11.6 Å². The quantitative estimate of drug-likeness (QED) is 0.733. The lowest BCUT2D eigenvalue weighted by Crippen LogP contribution is -2.41. The zero-order valence-electron chi connectivity index (χ0n) is 16.7. The van der Waals surface area contributed by atoms with Gasteiger partial charge in [0.25, 0.3) is 5.91 Å². The number of carbonyl (C=O) groups excluding carboxylic acids is 1. The average Bonchev–Trinajstić information content (AvgIpc) is 2.71. The van der Waals surface area contributed by atoms with Crippen LogP contribution in [0.1, 0.15) is 42.0 Å². The van der Waals surface area contributed by atoms with Crippen molar-refractivity contribution in [2.75, 3.05) is 26.2 Å². The Morgan fingerprint density at radius 1 is 1.11 bits per heavy atom. The van der Waals surface area contributed by atoms with E-state index in [1.54, 1.807) is 12.1 Å². The number of benzene rings is 2. The second-order valence-corrected chi connectivity index (χ2v) is 7.93. The number of piperidine rings is 1. The van der Waals surface area contributed by atoms with Crippen molar-refractivity contribution in [3.05, 3.63) is 64.2 Å². The molecule has 1 N–H and O–H groups in total. The minimum Gasteiger partial charge on any atom is -0.484 e. The molecule has 0 bridgehead atoms. The van der Waals surface area contributed by atoms with Crippen molar-refractivity contribution >= 4 is 17.5 Å². The van der Waals surface area contributed by atoms with Gasteiger partial charge in [0.05, 0.1) is 6.04 Å². The van der Waals surface area contributed by atoms with Gasteiger partial charge in [-0.25, -0.2) is 0 Å². The molecule has 5 heteroatoms. The number of carbonyl (C=O) groups is 1. The zero-order chi connectivity index (χ0) is 19.9. The van der Waals surface area contributed by atoms with E-state index in [1.165, 1.54) is 30.4 Å². The van der Waals surface area contributed by atoms with Crippen LogP contribution in [-0.4, -0.2) is 37.0 Å². The van der Waals surface area contributed by atoms with Crippen molar-refractivity contribution in [3.8, 4) is 5.75 Å². The first-order valence-electron chi connectivity index (χ1n) is 9.99. The van der Waals surface area contributed by atoms with Crippen molar-refractivity contribution in [2.45, 2.75) is 39.2 Å². The van der Waals surface area contributed by atoms with Crippen molar-refractivity contribution in [2.24, 2.45) is 0 Å². The Hall–Kier alpha value is -2.04. The summed E-state index contributed by atoms with van der Waals surface area (Å²) in [6.07, 6.45) is 3.72. The number of ether oxygens (including phenoxy) is 1. The molecule has 2 aromatic rings. The maximum Gasteiger partial charge on any atom is 0.258 e. The van der Waals surface area contributed by atoms with Crippen molar-refractivity contribution in [3.63, 3.8) is 0 Å². The van der Waals surface area contributed by atoms with Gasteiger partial charge in [-0.15, -0.1) is 0 Å². The topological polar surface area (TPSA) is 41.6 Å². The Morgan fingerprint density at radius 3 is 2.50 bits per heavy atom. The lowest BCUT2D eigenvalue weighted by molar-refractivity contribution is -0.123. The highest BCUT2D eigenvalue weighted by Gasteiger charge is 2.22.